The minimum absolute atomic E-state index is 0.122. The molecule has 0 aliphatic carbocycles. The Bertz CT molecular complexity index is 1120. The molecular formula is C23H25N3O5. The average molecular weight is 423 g/mol. The lowest BCUT2D eigenvalue weighted by Gasteiger charge is -2.30. The van der Waals surface area contributed by atoms with Crippen LogP contribution in [0.1, 0.15) is 63.7 Å². The number of nitrogens with zero attached hydrogens (tertiary/aromatic N) is 2. The van der Waals surface area contributed by atoms with Gasteiger partial charge in [0.25, 0.3) is 5.91 Å². The summed E-state index contributed by atoms with van der Waals surface area (Å²) in [4.78, 5) is 45.8. The average Bonchev–Trinajstić information content (AvgIpc) is 3.32. The van der Waals surface area contributed by atoms with Crippen molar-refractivity contribution in [2.24, 2.45) is 0 Å². The van der Waals surface area contributed by atoms with Crippen molar-refractivity contribution in [2.75, 3.05) is 19.7 Å². The Morgan fingerprint density at radius 3 is 2.55 bits per heavy atom. The number of para-hydroxylation sites is 2. The van der Waals surface area contributed by atoms with E-state index in [9.17, 15) is 14.4 Å². The van der Waals surface area contributed by atoms with Gasteiger partial charge in [-0.1, -0.05) is 12.1 Å². The summed E-state index contributed by atoms with van der Waals surface area (Å²) in [5, 5.41) is 0. The number of carbonyl (C=O) groups is 3. The van der Waals surface area contributed by atoms with E-state index in [0.717, 1.165) is 23.9 Å². The first-order valence-electron chi connectivity index (χ1n) is 10.4. The molecule has 4 rings (SSSR count). The lowest BCUT2D eigenvalue weighted by atomic mass is 9.97. The van der Waals surface area contributed by atoms with E-state index in [1.807, 2.05) is 24.3 Å². The molecule has 0 unspecified atom stereocenters. The second kappa shape index (κ2) is 8.37. The predicted octanol–water partition coefficient (Wildman–Crippen LogP) is 3.54. The molecule has 1 N–H and O–H groups in total. The first-order chi connectivity index (χ1) is 14.8. The fraction of sp³-hybridized carbons (Fsp3) is 0.391. The number of H-pyrrole nitrogens is 1. The van der Waals surface area contributed by atoms with Crippen molar-refractivity contribution >= 4 is 28.8 Å². The number of amides is 1. The van der Waals surface area contributed by atoms with Gasteiger partial charge in [0.2, 0.25) is 0 Å². The lowest BCUT2D eigenvalue weighted by Crippen LogP contribution is -2.40. The number of likely N-dealkylation sites (tertiary alicyclic amines) is 1. The summed E-state index contributed by atoms with van der Waals surface area (Å²) in [6.07, 6.45) is 1.48. The molecule has 8 nitrogen and oxygen atoms in total. The fourth-order valence-electron chi connectivity index (χ4n) is 4.21. The Hall–Kier alpha value is -3.42. The Morgan fingerprint density at radius 1 is 1.19 bits per heavy atom. The van der Waals surface area contributed by atoms with Gasteiger partial charge in [-0.05, 0) is 51.3 Å². The first kappa shape index (κ1) is 20.8. The number of carbonyl (C=O) groups excluding carboxylic acids is 3. The zero-order valence-electron chi connectivity index (χ0n) is 17.9. The number of aryl methyl sites for hydroxylation is 1. The third-order valence-electron chi connectivity index (χ3n) is 5.83. The van der Waals surface area contributed by atoms with Crippen LogP contribution in [-0.4, -0.2) is 52.2 Å². The zero-order valence-corrected chi connectivity index (χ0v) is 17.9. The lowest BCUT2D eigenvalue weighted by molar-refractivity contribution is -0.135. The third kappa shape index (κ3) is 4.10. The molecule has 1 fully saturated rings. The second-order valence-electron chi connectivity index (χ2n) is 7.93. The number of oxazole rings is 1. The Labute approximate surface area is 179 Å². The molecule has 1 saturated heterocycles. The van der Waals surface area contributed by atoms with E-state index in [-0.39, 0.29) is 29.9 Å². The summed E-state index contributed by atoms with van der Waals surface area (Å²) in [5.74, 6) is -0.129. The maximum absolute atomic E-state index is 12.5. The number of hydrogen-bond donors (Lipinski definition) is 1. The number of Topliss-reactive ketones (excluding diaryl/α,β-unsaturated/α-hetero) is 1. The molecule has 0 atom stereocenters. The molecule has 1 aromatic carbocycles. The highest BCUT2D eigenvalue weighted by Crippen LogP contribution is 2.30. The molecule has 1 amide bonds. The van der Waals surface area contributed by atoms with E-state index in [1.54, 1.807) is 18.7 Å². The summed E-state index contributed by atoms with van der Waals surface area (Å²) in [6, 6.07) is 7.65. The molecular weight excluding hydrogens is 398 g/mol. The summed E-state index contributed by atoms with van der Waals surface area (Å²) in [7, 11) is 0. The van der Waals surface area contributed by atoms with Crippen molar-refractivity contribution in [3.63, 3.8) is 0 Å². The van der Waals surface area contributed by atoms with Gasteiger partial charge in [-0.15, -0.1) is 0 Å². The smallest absolute Gasteiger partial charge is 0.355 e. The van der Waals surface area contributed by atoms with Crippen LogP contribution in [-0.2, 0) is 9.53 Å². The number of piperidine rings is 1. The van der Waals surface area contributed by atoms with Crippen LogP contribution in [0.15, 0.2) is 28.7 Å². The number of rotatable bonds is 5. The molecule has 3 aromatic rings. The van der Waals surface area contributed by atoms with Crippen molar-refractivity contribution in [1.82, 2.24) is 14.9 Å². The molecule has 1 aliphatic rings. The topological polar surface area (TPSA) is 105 Å². The van der Waals surface area contributed by atoms with Crippen LogP contribution in [0.3, 0.4) is 0 Å². The van der Waals surface area contributed by atoms with E-state index < -0.39 is 5.97 Å². The molecule has 8 heteroatoms. The largest absolute Gasteiger partial charge is 0.451 e. The van der Waals surface area contributed by atoms with Crippen LogP contribution < -0.4 is 0 Å². The summed E-state index contributed by atoms with van der Waals surface area (Å²) < 4.78 is 11.1. The molecule has 2 aromatic heterocycles. The van der Waals surface area contributed by atoms with Gasteiger partial charge in [0.1, 0.15) is 11.2 Å². The highest BCUT2D eigenvalue weighted by Gasteiger charge is 2.28. The van der Waals surface area contributed by atoms with Gasteiger partial charge in [-0.25, -0.2) is 9.78 Å². The van der Waals surface area contributed by atoms with Gasteiger partial charge in [0, 0.05) is 30.3 Å². The second-order valence-corrected chi connectivity index (χ2v) is 7.93. The number of aromatic amines is 1. The number of nitrogens with one attached hydrogen (secondary N) is 1. The van der Waals surface area contributed by atoms with Crippen molar-refractivity contribution in [2.45, 2.75) is 39.5 Å². The van der Waals surface area contributed by atoms with Crippen LogP contribution in [0, 0.1) is 13.8 Å². The van der Waals surface area contributed by atoms with Crippen LogP contribution in [0.5, 0.6) is 0 Å². The number of fused-ring (bicyclic) bond motifs is 1. The number of ketones is 1. The van der Waals surface area contributed by atoms with Gasteiger partial charge in [0.05, 0.1) is 0 Å². The fourth-order valence-corrected chi connectivity index (χ4v) is 4.21. The molecule has 0 saturated carbocycles. The molecule has 0 radical (unpaired) electrons. The van der Waals surface area contributed by atoms with Crippen LogP contribution in [0.4, 0.5) is 0 Å². The van der Waals surface area contributed by atoms with E-state index >= 15 is 0 Å². The van der Waals surface area contributed by atoms with Crippen LogP contribution in [0.2, 0.25) is 0 Å². The Balaban J connectivity index is 1.32. The molecule has 3 heterocycles. The Kier molecular flexibility index (Phi) is 5.63. The minimum atomic E-state index is -0.636. The van der Waals surface area contributed by atoms with Crippen molar-refractivity contribution in [1.29, 1.82) is 0 Å². The third-order valence-corrected chi connectivity index (χ3v) is 5.83. The first-order valence-corrected chi connectivity index (χ1v) is 10.4. The number of aromatic nitrogens is 2. The van der Waals surface area contributed by atoms with Crippen molar-refractivity contribution < 1.29 is 23.5 Å². The van der Waals surface area contributed by atoms with Gasteiger partial charge in [-0.2, -0.15) is 0 Å². The molecule has 0 bridgehead atoms. The molecule has 31 heavy (non-hydrogen) atoms. The minimum Gasteiger partial charge on any atom is -0.451 e. The highest BCUT2D eigenvalue weighted by atomic mass is 16.5. The maximum Gasteiger partial charge on any atom is 0.355 e. The van der Waals surface area contributed by atoms with Gasteiger partial charge < -0.3 is 19.0 Å². The molecule has 0 spiro atoms. The maximum atomic E-state index is 12.5. The van der Waals surface area contributed by atoms with Crippen LogP contribution >= 0.6 is 0 Å². The van der Waals surface area contributed by atoms with E-state index in [1.165, 1.54) is 6.92 Å². The molecule has 162 valence electrons. The van der Waals surface area contributed by atoms with Crippen molar-refractivity contribution in [3.8, 4) is 0 Å². The number of esters is 1. The van der Waals surface area contributed by atoms with Gasteiger partial charge in [-0.3, -0.25) is 9.59 Å². The van der Waals surface area contributed by atoms with E-state index in [4.69, 9.17) is 9.15 Å². The van der Waals surface area contributed by atoms with E-state index in [2.05, 4.69) is 9.97 Å². The van der Waals surface area contributed by atoms with Gasteiger partial charge >= 0.3 is 5.97 Å². The molecule has 1 aliphatic heterocycles. The summed E-state index contributed by atoms with van der Waals surface area (Å²) in [6.45, 7) is 5.64. The zero-order chi connectivity index (χ0) is 22.1. The summed E-state index contributed by atoms with van der Waals surface area (Å²) >= 11 is 0. The number of ether oxygens (including phenoxy) is 1. The summed E-state index contributed by atoms with van der Waals surface area (Å²) in [5.41, 5.74) is 3.47. The van der Waals surface area contributed by atoms with Crippen molar-refractivity contribution in [3.05, 3.63) is 52.7 Å². The van der Waals surface area contributed by atoms with Crippen LogP contribution in [0.25, 0.3) is 11.1 Å². The quantitative estimate of drug-likeness (QED) is 0.497. The van der Waals surface area contributed by atoms with E-state index in [0.29, 0.717) is 35.8 Å². The Morgan fingerprint density at radius 2 is 1.90 bits per heavy atom. The SMILES string of the molecule is CC(=O)c1c(C)[nH]c(C(=O)OCC(=O)N2CCC(c3nc4ccccc4o3)CC2)c1C. The van der Waals surface area contributed by atoms with Gasteiger partial charge in [0.15, 0.2) is 23.9 Å². The monoisotopic (exact) mass is 423 g/mol. The standard InChI is InChI=1S/C23H25N3O5/c1-13-20(15(3)27)14(2)24-21(13)23(29)30-12-19(28)26-10-8-16(9-11-26)22-25-17-6-4-5-7-18(17)31-22/h4-7,16,24H,8-12H2,1-3H3. The number of benzene rings is 1. The number of hydrogen-bond acceptors (Lipinski definition) is 6. The highest BCUT2D eigenvalue weighted by molar-refractivity contribution is 6.01. The normalized spacial score (nSPS) is 14.7. The predicted molar refractivity (Wildman–Crippen MR) is 113 cm³/mol.